The van der Waals surface area contributed by atoms with E-state index in [0.717, 1.165) is 13.1 Å². The number of nitrogens with zero attached hydrogens (tertiary/aromatic N) is 2. The average Bonchev–Trinajstić information content (AvgIpc) is 2.57. The molecule has 0 saturated carbocycles. The molecule has 0 bridgehead atoms. The molecule has 0 radical (unpaired) electrons. The first-order chi connectivity index (χ1) is 11.1. The number of pyridine rings is 1. The van der Waals surface area contributed by atoms with Gasteiger partial charge in [0.1, 0.15) is 0 Å². The number of methoxy groups -OCH3 is 1. The van der Waals surface area contributed by atoms with Crippen LogP contribution in [0.15, 0.2) is 18.3 Å². The van der Waals surface area contributed by atoms with E-state index < -0.39 is 11.8 Å². The first-order valence-corrected chi connectivity index (χ1v) is 7.93. The van der Waals surface area contributed by atoms with E-state index in [2.05, 4.69) is 27.4 Å². The van der Waals surface area contributed by atoms with Crippen LogP contribution in [-0.4, -0.2) is 54.5 Å². The molecule has 23 heavy (non-hydrogen) atoms. The molecule has 1 aromatic heterocycles. The summed E-state index contributed by atoms with van der Waals surface area (Å²) >= 11 is 0. The van der Waals surface area contributed by atoms with Crippen molar-refractivity contribution in [2.45, 2.75) is 32.2 Å². The van der Waals surface area contributed by atoms with Gasteiger partial charge in [-0.3, -0.25) is 14.5 Å². The zero-order chi connectivity index (χ0) is 16.7. The fourth-order valence-corrected chi connectivity index (χ4v) is 2.65. The van der Waals surface area contributed by atoms with Gasteiger partial charge in [-0.15, -0.1) is 0 Å². The van der Waals surface area contributed by atoms with Crippen molar-refractivity contribution in [3.63, 3.8) is 0 Å². The summed E-state index contributed by atoms with van der Waals surface area (Å²) < 4.78 is 4.93. The number of aromatic nitrogens is 1. The van der Waals surface area contributed by atoms with E-state index in [1.165, 1.54) is 32.6 Å². The Morgan fingerprint density at radius 2 is 2.17 bits per heavy atom. The molecule has 2 N–H and O–H groups in total. The van der Waals surface area contributed by atoms with Crippen LogP contribution in [0.5, 0.6) is 5.88 Å². The topological polar surface area (TPSA) is 83.6 Å². The Labute approximate surface area is 136 Å². The highest BCUT2D eigenvalue weighted by atomic mass is 16.5. The Kier molecular flexibility index (Phi) is 6.34. The van der Waals surface area contributed by atoms with Crippen molar-refractivity contribution in [3.8, 4) is 5.88 Å². The molecule has 126 valence electrons. The highest BCUT2D eigenvalue weighted by Crippen LogP contribution is 2.15. The van der Waals surface area contributed by atoms with Crippen LogP contribution >= 0.6 is 0 Å². The fraction of sp³-hybridized carbons (Fsp3) is 0.562. The van der Waals surface area contributed by atoms with Crippen LogP contribution in [0.4, 0.5) is 5.69 Å². The van der Waals surface area contributed by atoms with Crippen LogP contribution in [0.1, 0.15) is 26.2 Å². The van der Waals surface area contributed by atoms with E-state index in [1.807, 2.05) is 0 Å². The zero-order valence-electron chi connectivity index (χ0n) is 13.7. The van der Waals surface area contributed by atoms with Crippen molar-refractivity contribution in [2.24, 2.45) is 0 Å². The molecule has 2 amide bonds. The van der Waals surface area contributed by atoms with Gasteiger partial charge in [0.2, 0.25) is 5.88 Å². The summed E-state index contributed by atoms with van der Waals surface area (Å²) in [6, 6.07) is 3.79. The summed E-state index contributed by atoms with van der Waals surface area (Å²) in [5.41, 5.74) is 0.454. The Balaban J connectivity index is 1.72. The maximum atomic E-state index is 11.8. The van der Waals surface area contributed by atoms with Crippen molar-refractivity contribution < 1.29 is 14.3 Å². The second-order valence-electron chi connectivity index (χ2n) is 5.68. The van der Waals surface area contributed by atoms with Gasteiger partial charge in [-0.2, -0.15) is 0 Å². The Hall–Kier alpha value is -2.15. The summed E-state index contributed by atoms with van der Waals surface area (Å²) in [5.74, 6) is -0.878. The number of likely N-dealkylation sites (tertiary alicyclic amines) is 1. The number of ether oxygens (including phenoxy) is 1. The Bertz CT molecular complexity index is 533. The fourth-order valence-electron chi connectivity index (χ4n) is 2.65. The van der Waals surface area contributed by atoms with Crippen molar-refractivity contribution in [3.05, 3.63) is 18.3 Å². The summed E-state index contributed by atoms with van der Waals surface area (Å²) in [4.78, 5) is 29.9. The maximum absolute atomic E-state index is 11.8. The molecule has 0 aromatic carbocycles. The molecule has 7 nitrogen and oxygen atoms in total. The first-order valence-electron chi connectivity index (χ1n) is 7.93. The number of rotatable bonds is 5. The number of carbonyl (C=O) groups is 2. The summed E-state index contributed by atoms with van der Waals surface area (Å²) in [7, 11) is 1.51. The van der Waals surface area contributed by atoms with E-state index in [-0.39, 0.29) is 0 Å². The van der Waals surface area contributed by atoms with Gasteiger partial charge in [0.05, 0.1) is 19.0 Å². The van der Waals surface area contributed by atoms with E-state index in [9.17, 15) is 9.59 Å². The third kappa shape index (κ3) is 5.21. The van der Waals surface area contributed by atoms with Gasteiger partial charge in [0.15, 0.2) is 0 Å². The average molecular weight is 320 g/mol. The minimum Gasteiger partial charge on any atom is -0.481 e. The van der Waals surface area contributed by atoms with E-state index in [4.69, 9.17) is 4.74 Å². The van der Waals surface area contributed by atoms with Crippen LogP contribution < -0.4 is 15.4 Å². The van der Waals surface area contributed by atoms with Crippen molar-refractivity contribution >= 4 is 17.5 Å². The highest BCUT2D eigenvalue weighted by Gasteiger charge is 2.19. The van der Waals surface area contributed by atoms with Crippen LogP contribution in [-0.2, 0) is 9.59 Å². The number of anilines is 1. The monoisotopic (exact) mass is 320 g/mol. The van der Waals surface area contributed by atoms with Crippen LogP contribution in [0.3, 0.4) is 0 Å². The molecular weight excluding hydrogens is 296 g/mol. The molecule has 0 spiro atoms. The van der Waals surface area contributed by atoms with Crippen molar-refractivity contribution in [1.82, 2.24) is 15.2 Å². The second kappa shape index (κ2) is 8.47. The molecule has 1 atom stereocenters. The third-order valence-electron chi connectivity index (χ3n) is 4.03. The summed E-state index contributed by atoms with van der Waals surface area (Å²) in [6.45, 7) is 4.49. The van der Waals surface area contributed by atoms with Crippen LogP contribution in [0, 0.1) is 0 Å². The van der Waals surface area contributed by atoms with E-state index >= 15 is 0 Å². The van der Waals surface area contributed by atoms with Gasteiger partial charge in [-0.05, 0) is 32.4 Å². The molecule has 1 saturated heterocycles. The standard InChI is InChI=1S/C16H24N4O3/c1-12-5-3-4-9-20(12)10-8-17-15(21)16(22)19-13-6-7-14(23-2)18-11-13/h6-7,11-12H,3-5,8-10H2,1-2H3,(H,17,21)(H,19,22). The normalized spacial score (nSPS) is 18.3. The van der Waals surface area contributed by atoms with E-state index in [0.29, 0.717) is 24.2 Å². The van der Waals surface area contributed by atoms with Crippen LogP contribution in [0.25, 0.3) is 0 Å². The SMILES string of the molecule is COc1ccc(NC(=O)C(=O)NCCN2CCCCC2C)cn1. The number of piperidine rings is 1. The molecule has 1 fully saturated rings. The Morgan fingerprint density at radius 1 is 1.35 bits per heavy atom. The lowest BCUT2D eigenvalue weighted by Gasteiger charge is -2.33. The summed E-state index contributed by atoms with van der Waals surface area (Å²) in [5, 5.41) is 5.16. The van der Waals surface area contributed by atoms with Gasteiger partial charge >= 0.3 is 11.8 Å². The highest BCUT2D eigenvalue weighted by molar-refractivity contribution is 6.39. The molecule has 2 rings (SSSR count). The van der Waals surface area contributed by atoms with Crippen molar-refractivity contribution in [1.29, 1.82) is 0 Å². The number of hydrogen-bond acceptors (Lipinski definition) is 5. The zero-order valence-corrected chi connectivity index (χ0v) is 13.7. The molecule has 2 heterocycles. The van der Waals surface area contributed by atoms with Gasteiger partial charge in [-0.25, -0.2) is 4.98 Å². The lowest BCUT2D eigenvalue weighted by molar-refractivity contribution is -0.136. The quantitative estimate of drug-likeness (QED) is 0.792. The second-order valence-corrected chi connectivity index (χ2v) is 5.68. The van der Waals surface area contributed by atoms with Crippen molar-refractivity contribution in [2.75, 3.05) is 32.1 Å². The largest absolute Gasteiger partial charge is 0.481 e. The number of hydrogen-bond donors (Lipinski definition) is 2. The number of amides is 2. The molecule has 7 heteroatoms. The van der Waals surface area contributed by atoms with Crippen LogP contribution in [0.2, 0.25) is 0 Å². The smallest absolute Gasteiger partial charge is 0.313 e. The lowest BCUT2D eigenvalue weighted by atomic mass is 10.0. The minimum atomic E-state index is -0.691. The molecule has 1 unspecified atom stereocenters. The molecule has 1 aliphatic heterocycles. The molecule has 0 aliphatic carbocycles. The molecule has 1 aromatic rings. The predicted molar refractivity (Wildman–Crippen MR) is 87.3 cm³/mol. The molecule has 1 aliphatic rings. The third-order valence-corrected chi connectivity index (χ3v) is 4.03. The minimum absolute atomic E-state index is 0.447. The van der Waals surface area contributed by atoms with Gasteiger partial charge in [0, 0.05) is 25.2 Å². The number of carbonyl (C=O) groups excluding carboxylic acids is 2. The van der Waals surface area contributed by atoms with Gasteiger partial charge < -0.3 is 15.4 Å². The first kappa shape index (κ1) is 17.2. The van der Waals surface area contributed by atoms with E-state index in [1.54, 1.807) is 12.1 Å². The lowest BCUT2D eigenvalue weighted by Crippen LogP contribution is -2.44. The summed E-state index contributed by atoms with van der Waals surface area (Å²) in [6.07, 6.45) is 5.10. The van der Waals surface area contributed by atoms with Gasteiger partial charge in [0.25, 0.3) is 0 Å². The number of nitrogens with one attached hydrogen (secondary N) is 2. The Morgan fingerprint density at radius 3 is 2.83 bits per heavy atom. The predicted octanol–water partition coefficient (Wildman–Crippen LogP) is 1.02. The molecular formula is C16H24N4O3. The van der Waals surface area contributed by atoms with Gasteiger partial charge in [-0.1, -0.05) is 6.42 Å². The maximum Gasteiger partial charge on any atom is 0.313 e.